The number of carbonyl (C=O) groups excluding carboxylic acids is 1. The number of hydrogen-bond donors (Lipinski definition) is 1. The molecule has 2 atom stereocenters. The maximum Gasteiger partial charge on any atom is 0.322 e. The highest BCUT2D eigenvalue weighted by atomic mass is 35.5. The molecule has 2 unspecified atom stereocenters. The molecule has 0 radical (unpaired) electrons. The van der Waals surface area contributed by atoms with Crippen molar-refractivity contribution in [3.8, 4) is 0 Å². The van der Waals surface area contributed by atoms with Crippen molar-refractivity contribution in [2.45, 2.75) is 39.3 Å². The summed E-state index contributed by atoms with van der Waals surface area (Å²) in [6.07, 6.45) is 2.45. The van der Waals surface area contributed by atoms with Gasteiger partial charge in [-0.25, -0.2) is 4.98 Å². The molecule has 0 amide bonds. The third kappa shape index (κ3) is 4.01. The summed E-state index contributed by atoms with van der Waals surface area (Å²) < 4.78 is 0. The van der Waals surface area contributed by atoms with E-state index in [1.54, 1.807) is 17.4 Å². The quantitative estimate of drug-likeness (QED) is 0.412. The number of hydrazine groups is 1. The van der Waals surface area contributed by atoms with E-state index in [2.05, 4.69) is 22.1 Å². The van der Waals surface area contributed by atoms with E-state index in [9.17, 15) is 4.79 Å². The van der Waals surface area contributed by atoms with Crippen molar-refractivity contribution < 1.29 is 9.63 Å². The summed E-state index contributed by atoms with van der Waals surface area (Å²) >= 11 is 12.5. The van der Waals surface area contributed by atoms with Crippen LogP contribution in [0.2, 0.25) is 10.0 Å². The van der Waals surface area contributed by atoms with Gasteiger partial charge in [0.2, 0.25) is 0 Å². The van der Waals surface area contributed by atoms with Crippen molar-refractivity contribution >= 4 is 35.2 Å². The maximum atomic E-state index is 11.5. The molecule has 2 heterocycles. The van der Waals surface area contributed by atoms with Crippen molar-refractivity contribution in [2.75, 3.05) is 0 Å². The number of imidazole rings is 1. The van der Waals surface area contributed by atoms with Gasteiger partial charge in [-0.2, -0.15) is 5.01 Å². The Morgan fingerprint density at radius 3 is 2.53 bits per heavy atom. The summed E-state index contributed by atoms with van der Waals surface area (Å²) in [5.41, 5.74) is 4.82. The lowest BCUT2D eigenvalue weighted by Gasteiger charge is -2.36. The zero-order valence-corrected chi connectivity index (χ0v) is 19.6. The summed E-state index contributed by atoms with van der Waals surface area (Å²) in [6, 6.07) is 15.1. The van der Waals surface area contributed by atoms with Gasteiger partial charge in [-0.15, -0.1) is 5.17 Å². The van der Waals surface area contributed by atoms with Crippen molar-refractivity contribution in [1.82, 2.24) is 20.1 Å². The van der Waals surface area contributed by atoms with Gasteiger partial charge in [0.25, 0.3) is 0 Å². The van der Waals surface area contributed by atoms with Crippen LogP contribution < -0.4 is 0 Å². The first-order valence-electron chi connectivity index (χ1n) is 10.4. The molecule has 4 rings (SSSR count). The Hall–Kier alpha value is -2.80. The summed E-state index contributed by atoms with van der Waals surface area (Å²) in [4.78, 5) is 25.1. The minimum Gasteiger partial charge on any atom is -0.344 e. The number of allylic oxidation sites excluding steroid dienone is 1. The van der Waals surface area contributed by atoms with E-state index in [1.165, 1.54) is 0 Å². The molecule has 0 fully saturated rings. The molecule has 0 bridgehead atoms. The highest BCUT2D eigenvalue weighted by molar-refractivity contribution is 6.42. The fourth-order valence-electron chi connectivity index (χ4n) is 4.20. The standard InChI is InChI=1S/C24H24Cl2N4O2/c1-4-21-22(17-8-6-5-7-9-17)23(24-27-13-15(2)28-24)29(30(21)32-14-31)16(3)18-10-11-19(25)20(26)12-18/h5-14,16,23H,4H2,1-3H3,(H,27,28). The largest absolute Gasteiger partial charge is 0.344 e. The molecule has 1 aromatic heterocycles. The number of hydrogen-bond acceptors (Lipinski definition) is 5. The molecule has 6 nitrogen and oxygen atoms in total. The molecule has 8 heteroatoms. The number of nitrogens with one attached hydrogen (secondary N) is 1. The highest BCUT2D eigenvalue weighted by Crippen LogP contribution is 2.49. The van der Waals surface area contributed by atoms with E-state index in [0.29, 0.717) is 22.9 Å². The van der Waals surface area contributed by atoms with Crippen LogP contribution in [0.5, 0.6) is 0 Å². The van der Waals surface area contributed by atoms with E-state index in [1.807, 2.05) is 56.1 Å². The van der Waals surface area contributed by atoms with E-state index < -0.39 is 0 Å². The van der Waals surface area contributed by atoms with Gasteiger partial charge in [-0.05, 0) is 43.5 Å². The molecule has 1 N–H and O–H groups in total. The van der Waals surface area contributed by atoms with Crippen LogP contribution in [0.1, 0.15) is 55.0 Å². The first-order valence-corrected chi connectivity index (χ1v) is 11.2. The molecular formula is C24H24Cl2N4O2. The molecule has 0 aliphatic carbocycles. The third-order valence-electron chi connectivity index (χ3n) is 5.66. The minimum absolute atomic E-state index is 0.220. The molecule has 1 aliphatic rings. The molecule has 166 valence electrons. The Kier molecular flexibility index (Phi) is 6.55. The van der Waals surface area contributed by atoms with Crippen LogP contribution in [-0.2, 0) is 9.63 Å². The molecule has 0 saturated heterocycles. The number of aromatic nitrogens is 2. The number of aromatic amines is 1. The average Bonchev–Trinajstić information content (AvgIpc) is 3.36. The number of aryl methyl sites for hydroxylation is 1. The predicted molar refractivity (Wildman–Crippen MR) is 125 cm³/mol. The maximum absolute atomic E-state index is 11.5. The van der Waals surface area contributed by atoms with Gasteiger partial charge in [-0.3, -0.25) is 4.79 Å². The van der Waals surface area contributed by atoms with Gasteiger partial charge in [0.05, 0.1) is 21.8 Å². The summed E-state index contributed by atoms with van der Waals surface area (Å²) in [5.74, 6) is 0.760. The molecule has 32 heavy (non-hydrogen) atoms. The zero-order chi connectivity index (χ0) is 22.8. The summed E-state index contributed by atoms with van der Waals surface area (Å²) in [6.45, 7) is 6.48. The van der Waals surface area contributed by atoms with Crippen LogP contribution in [0.4, 0.5) is 0 Å². The molecule has 1 aliphatic heterocycles. The zero-order valence-electron chi connectivity index (χ0n) is 18.0. The summed E-state index contributed by atoms with van der Waals surface area (Å²) in [7, 11) is 0. The second-order valence-electron chi connectivity index (χ2n) is 7.64. The minimum atomic E-state index is -0.314. The fraction of sp³-hybridized carbons (Fsp3) is 0.250. The predicted octanol–water partition coefficient (Wildman–Crippen LogP) is 6.27. The van der Waals surface area contributed by atoms with Gasteiger partial charge in [0.1, 0.15) is 11.9 Å². The third-order valence-corrected chi connectivity index (χ3v) is 6.40. The first kappa shape index (κ1) is 22.4. The van der Waals surface area contributed by atoms with Gasteiger partial charge in [0.15, 0.2) is 0 Å². The van der Waals surface area contributed by atoms with Crippen LogP contribution >= 0.6 is 23.2 Å². The number of nitrogens with zero attached hydrogens (tertiary/aromatic N) is 3. The summed E-state index contributed by atoms with van der Waals surface area (Å²) in [5, 5.41) is 4.55. The van der Waals surface area contributed by atoms with Crippen LogP contribution in [-0.4, -0.2) is 26.6 Å². The number of carbonyl (C=O) groups is 1. The highest BCUT2D eigenvalue weighted by Gasteiger charge is 2.45. The SMILES string of the molecule is CCC1=C(c2ccccc2)C(c2ncc(C)[nH]2)N(C(C)c2ccc(Cl)c(Cl)c2)N1OC=O. The van der Waals surface area contributed by atoms with Crippen LogP contribution in [0.3, 0.4) is 0 Å². The Morgan fingerprint density at radius 2 is 1.94 bits per heavy atom. The number of hydroxylamine groups is 1. The Bertz CT molecular complexity index is 1150. The number of halogens is 2. The lowest BCUT2D eigenvalue weighted by atomic mass is 9.95. The van der Waals surface area contributed by atoms with Crippen LogP contribution in [0.25, 0.3) is 5.57 Å². The van der Waals surface area contributed by atoms with Gasteiger partial charge >= 0.3 is 6.47 Å². The van der Waals surface area contributed by atoms with Gasteiger partial charge < -0.3 is 9.82 Å². The van der Waals surface area contributed by atoms with E-state index in [-0.39, 0.29) is 12.1 Å². The molecule has 3 aromatic rings. The normalized spacial score (nSPS) is 17.7. The molecule has 2 aromatic carbocycles. The van der Waals surface area contributed by atoms with E-state index in [0.717, 1.165) is 33.9 Å². The molecule has 0 saturated carbocycles. The Morgan fingerprint density at radius 1 is 1.19 bits per heavy atom. The first-order chi connectivity index (χ1) is 15.5. The van der Waals surface area contributed by atoms with Crippen LogP contribution in [0.15, 0.2) is 60.4 Å². The fourth-order valence-corrected chi connectivity index (χ4v) is 4.51. The van der Waals surface area contributed by atoms with Crippen molar-refractivity contribution in [1.29, 1.82) is 0 Å². The number of benzene rings is 2. The monoisotopic (exact) mass is 470 g/mol. The lowest BCUT2D eigenvalue weighted by molar-refractivity contribution is -0.248. The van der Waals surface area contributed by atoms with Gasteiger partial charge in [-0.1, -0.05) is 66.5 Å². The second-order valence-corrected chi connectivity index (χ2v) is 8.45. The Labute approximate surface area is 197 Å². The average molecular weight is 471 g/mol. The molecular weight excluding hydrogens is 447 g/mol. The number of rotatable bonds is 7. The van der Waals surface area contributed by atoms with Crippen molar-refractivity contribution in [3.05, 3.63) is 93.1 Å². The lowest BCUT2D eigenvalue weighted by Crippen LogP contribution is -2.41. The topological polar surface area (TPSA) is 61.5 Å². The van der Waals surface area contributed by atoms with E-state index >= 15 is 0 Å². The Balaban J connectivity index is 1.91. The van der Waals surface area contributed by atoms with Crippen LogP contribution in [0, 0.1) is 6.92 Å². The smallest absolute Gasteiger partial charge is 0.322 e. The van der Waals surface area contributed by atoms with Crippen molar-refractivity contribution in [3.63, 3.8) is 0 Å². The number of H-pyrrole nitrogens is 1. The van der Waals surface area contributed by atoms with Gasteiger partial charge in [0, 0.05) is 17.5 Å². The molecule has 0 spiro atoms. The second kappa shape index (κ2) is 9.36. The van der Waals surface area contributed by atoms with Crippen molar-refractivity contribution in [2.24, 2.45) is 0 Å². The van der Waals surface area contributed by atoms with E-state index in [4.69, 9.17) is 28.0 Å².